The van der Waals surface area contributed by atoms with Gasteiger partial charge in [-0.3, -0.25) is 29.4 Å². The number of hydrogen-bond acceptors (Lipinski definition) is 15. The van der Waals surface area contributed by atoms with Crippen LogP contribution in [0.15, 0.2) is 71.9 Å². The third kappa shape index (κ3) is 12.8. The van der Waals surface area contributed by atoms with Gasteiger partial charge in [0.05, 0.1) is 28.6 Å². The summed E-state index contributed by atoms with van der Waals surface area (Å²) in [6.07, 6.45) is 14.9. The normalized spacial score (nSPS) is 17.8. The topological polar surface area (TPSA) is 211 Å². The number of carbonyl (C=O) groups excluding carboxylic acids is 4. The quantitative estimate of drug-likeness (QED) is 0.0420. The summed E-state index contributed by atoms with van der Waals surface area (Å²) in [6, 6.07) is 18.3. The van der Waals surface area contributed by atoms with Gasteiger partial charge in [0.2, 0.25) is 29.6 Å². The maximum Gasteiger partial charge on any atom is 0.255 e. The fourth-order valence-electron chi connectivity index (χ4n) is 10.3. The van der Waals surface area contributed by atoms with Crippen molar-refractivity contribution in [2.24, 2.45) is 0 Å². The summed E-state index contributed by atoms with van der Waals surface area (Å²) in [7, 11) is -1.90. The zero-order chi connectivity index (χ0) is 50.6. The molecule has 18 nitrogen and oxygen atoms in total. The highest BCUT2D eigenvalue weighted by molar-refractivity contribution is 7.92. The highest BCUT2D eigenvalue weighted by atomic mass is 32.2. The van der Waals surface area contributed by atoms with Gasteiger partial charge in [-0.05, 0) is 82.3 Å². The number of anilines is 6. The fourth-order valence-corrected chi connectivity index (χ4v) is 11.5. The molecule has 1 aromatic heterocycles. The van der Waals surface area contributed by atoms with Crippen molar-refractivity contribution in [1.82, 2.24) is 35.0 Å². The largest absolute Gasteiger partial charge is 0.494 e. The number of fused-ring (bicyclic) bond motifs is 1. The van der Waals surface area contributed by atoms with E-state index in [0.717, 1.165) is 108 Å². The summed E-state index contributed by atoms with van der Waals surface area (Å²) in [6.45, 7) is 9.76. The molecule has 4 aliphatic rings. The number of aromatic nitrogens is 3. The maximum atomic E-state index is 13.1. The molecule has 19 heteroatoms. The Morgan fingerprint density at radius 2 is 1.44 bits per heavy atom. The molecule has 72 heavy (non-hydrogen) atoms. The van der Waals surface area contributed by atoms with Gasteiger partial charge in [0.1, 0.15) is 18.1 Å². The number of hydrogen-bond donors (Lipinski definition) is 4. The molecule has 386 valence electrons. The van der Waals surface area contributed by atoms with Crippen LogP contribution in [0.1, 0.15) is 120 Å². The molecule has 1 atom stereocenters. The number of rotatable bonds is 23. The SMILES string of the molecule is COc1cc(N2CCC(N3CCN(C(=O)CCCCCCCCCCCNc4cccc5c4CN(C4CCC(=O)NC4=O)C5=O)CC3)CC2)ccc1Nc1ncnc(Nc2ccccc2S(=O)(=O)C(C)C)n1. The number of nitrogens with zero attached hydrogens (tertiary/aromatic N) is 7. The average molecular weight is 1010 g/mol. The van der Waals surface area contributed by atoms with Crippen LogP contribution in [0.2, 0.25) is 0 Å². The number of methoxy groups -OCH3 is 1. The first-order valence-electron chi connectivity index (χ1n) is 25.9. The Morgan fingerprint density at radius 3 is 2.14 bits per heavy atom. The molecule has 0 spiro atoms. The van der Waals surface area contributed by atoms with Crippen LogP contribution in [0.3, 0.4) is 0 Å². The number of para-hydroxylation sites is 1. The van der Waals surface area contributed by atoms with Crippen molar-refractivity contribution in [2.75, 3.05) is 73.8 Å². The predicted molar refractivity (Wildman–Crippen MR) is 279 cm³/mol. The van der Waals surface area contributed by atoms with E-state index in [-0.39, 0.29) is 40.9 Å². The summed E-state index contributed by atoms with van der Waals surface area (Å²) >= 11 is 0. The van der Waals surface area contributed by atoms with Crippen molar-refractivity contribution in [3.63, 3.8) is 0 Å². The lowest BCUT2D eigenvalue weighted by atomic mass is 10.0. The molecule has 4 aliphatic heterocycles. The third-order valence-electron chi connectivity index (χ3n) is 14.5. The monoisotopic (exact) mass is 1010 g/mol. The summed E-state index contributed by atoms with van der Waals surface area (Å²) in [5.74, 6) is 0.591. The smallest absolute Gasteiger partial charge is 0.255 e. The minimum atomic E-state index is -3.54. The minimum Gasteiger partial charge on any atom is -0.494 e. The van der Waals surface area contributed by atoms with Crippen LogP contribution in [0.4, 0.5) is 34.6 Å². The number of piperidine rings is 2. The van der Waals surface area contributed by atoms with E-state index in [1.807, 2.05) is 30.3 Å². The van der Waals surface area contributed by atoms with Crippen molar-refractivity contribution in [3.05, 3.63) is 78.1 Å². The van der Waals surface area contributed by atoms with Crippen LogP contribution >= 0.6 is 0 Å². The zero-order valence-corrected chi connectivity index (χ0v) is 42.9. The van der Waals surface area contributed by atoms with Crippen LogP contribution in [0, 0.1) is 0 Å². The Balaban J connectivity index is 0.669. The van der Waals surface area contributed by atoms with Gasteiger partial charge in [-0.15, -0.1) is 0 Å². The number of nitrogens with one attached hydrogen (secondary N) is 4. The van der Waals surface area contributed by atoms with Crippen molar-refractivity contribution >= 4 is 68.1 Å². The molecule has 3 aromatic carbocycles. The molecule has 4 aromatic rings. The van der Waals surface area contributed by atoms with Crippen molar-refractivity contribution in [3.8, 4) is 5.75 Å². The summed E-state index contributed by atoms with van der Waals surface area (Å²) < 4.78 is 31.7. The molecular weight excluding hydrogens is 935 g/mol. The lowest BCUT2D eigenvalue weighted by Gasteiger charge is -2.43. The van der Waals surface area contributed by atoms with Crippen LogP contribution in [-0.2, 0) is 30.8 Å². The number of benzene rings is 3. The number of amides is 4. The van der Waals surface area contributed by atoms with Gasteiger partial charge in [-0.25, -0.2) is 18.4 Å². The van der Waals surface area contributed by atoms with Gasteiger partial charge in [-0.1, -0.05) is 63.1 Å². The number of unbranched alkanes of at least 4 members (excludes halogenated alkanes) is 8. The second-order valence-electron chi connectivity index (χ2n) is 19.6. The van der Waals surface area contributed by atoms with Crippen LogP contribution in [-0.4, -0.2) is 132 Å². The lowest BCUT2D eigenvalue weighted by Crippen LogP contribution is -2.54. The van der Waals surface area contributed by atoms with Crippen molar-refractivity contribution in [1.29, 1.82) is 0 Å². The Labute approximate surface area is 424 Å². The van der Waals surface area contributed by atoms with Gasteiger partial charge in [0.25, 0.3) is 5.91 Å². The van der Waals surface area contributed by atoms with Crippen molar-refractivity contribution in [2.45, 2.75) is 133 Å². The molecule has 0 saturated carbocycles. The van der Waals surface area contributed by atoms with Gasteiger partial charge >= 0.3 is 0 Å². The van der Waals surface area contributed by atoms with E-state index in [1.54, 1.807) is 50.1 Å². The lowest BCUT2D eigenvalue weighted by molar-refractivity contribution is -0.137. The van der Waals surface area contributed by atoms with Crippen molar-refractivity contribution < 1.29 is 32.3 Å². The van der Waals surface area contributed by atoms with Gasteiger partial charge in [0.15, 0.2) is 9.84 Å². The highest BCUT2D eigenvalue weighted by Gasteiger charge is 2.40. The first kappa shape index (κ1) is 52.0. The molecule has 4 amide bonds. The predicted octanol–water partition coefficient (Wildman–Crippen LogP) is 7.44. The molecule has 0 radical (unpaired) electrons. The second kappa shape index (κ2) is 24.4. The molecule has 3 fully saturated rings. The summed E-state index contributed by atoms with van der Waals surface area (Å²) in [4.78, 5) is 72.1. The number of imide groups is 1. The molecule has 1 unspecified atom stereocenters. The van der Waals surface area contributed by atoms with E-state index < -0.39 is 27.0 Å². The maximum absolute atomic E-state index is 13.1. The van der Waals surface area contributed by atoms with Gasteiger partial charge < -0.3 is 35.4 Å². The Hall–Kier alpha value is -6.34. The van der Waals surface area contributed by atoms with Crippen LogP contribution in [0.25, 0.3) is 0 Å². The Morgan fingerprint density at radius 1 is 0.778 bits per heavy atom. The van der Waals surface area contributed by atoms with Gasteiger partial charge in [0, 0.05) is 99.8 Å². The molecule has 0 aliphatic carbocycles. The second-order valence-corrected chi connectivity index (χ2v) is 22.1. The number of sulfone groups is 1. The van der Waals surface area contributed by atoms with E-state index in [4.69, 9.17) is 4.74 Å². The van der Waals surface area contributed by atoms with E-state index in [1.165, 1.54) is 32.0 Å². The molecule has 8 rings (SSSR count). The number of carbonyl (C=O) groups is 4. The number of ether oxygens (including phenoxy) is 1. The molecule has 4 N–H and O–H groups in total. The van der Waals surface area contributed by atoms with E-state index in [9.17, 15) is 27.6 Å². The first-order valence-corrected chi connectivity index (χ1v) is 27.5. The standard InChI is InChI=1S/C53H71N11O7S/c1-37(2)72(69,70)47-19-13-12-17-44(47)58-53-56-36-55-52(60-53)57-43-22-21-39(34-46(43)71-3)61-28-25-38(26-29-61)62-30-32-63(33-31-62)49(66)20-11-9-7-5-4-6-8-10-14-27-54-42-18-15-16-40-41(42)35-64(51(40)68)45-23-24-48(65)59-50(45)67/h12-13,15-19,21-22,34,36-38,45,54H,4-11,14,20,23-33,35H2,1-3H3,(H,59,65,67)(H2,55,56,57,58,60). The Kier molecular flexibility index (Phi) is 17.6. The van der Waals surface area contributed by atoms with E-state index in [2.05, 4.69) is 57.0 Å². The average Bonchev–Trinajstić information content (AvgIpc) is 3.72. The molecular formula is C53H71N11O7S. The molecule has 5 heterocycles. The van der Waals surface area contributed by atoms with Crippen LogP contribution < -0.4 is 30.9 Å². The minimum absolute atomic E-state index is 0.150. The summed E-state index contributed by atoms with van der Waals surface area (Å²) in [5, 5.41) is 11.6. The number of piperazine rings is 1. The first-order chi connectivity index (χ1) is 34.9. The molecule has 0 bridgehead atoms. The van der Waals surface area contributed by atoms with E-state index in [0.29, 0.717) is 48.1 Å². The summed E-state index contributed by atoms with van der Waals surface area (Å²) in [5.41, 5.74) is 4.65. The van der Waals surface area contributed by atoms with Gasteiger partial charge in [-0.2, -0.15) is 4.98 Å². The van der Waals surface area contributed by atoms with Crippen LogP contribution in [0.5, 0.6) is 5.75 Å². The fraction of sp³-hybridized carbons (Fsp3) is 0.528. The zero-order valence-electron chi connectivity index (χ0n) is 42.0. The van der Waals surface area contributed by atoms with E-state index >= 15 is 0 Å². The highest BCUT2D eigenvalue weighted by Crippen LogP contribution is 2.35. The Bertz CT molecular complexity index is 2650. The molecule has 3 saturated heterocycles. The third-order valence-corrected chi connectivity index (χ3v) is 16.8.